The average molecular weight is 451 g/mol. The molecule has 0 radical (unpaired) electrons. The lowest BCUT2D eigenvalue weighted by Gasteiger charge is -2.34. The molecule has 164 valence electrons. The molecule has 32 heavy (non-hydrogen) atoms. The number of ketones is 1. The van der Waals surface area contributed by atoms with E-state index in [2.05, 4.69) is 10.5 Å². The third-order valence-electron chi connectivity index (χ3n) is 6.32. The number of hydrogen-bond acceptors (Lipinski definition) is 6. The molecule has 0 saturated carbocycles. The number of halogens is 1. The van der Waals surface area contributed by atoms with Gasteiger partial charge in [0.05, 0.1) is 25.5 Å². The smallest absolute Gasteiger partial charge is 0.233 e. The van der Waals surface area contributed by atoms with Crippen molar-refractivity contribution < 1.29 is 18.8 Å². The zero-order chi connectivity index (χ0) is 22.4. The molecule has 2 aliphatic rings. The highest BCUT2D eigenvalue weighted by Crippen LogP contribution is 2.49. The molecular weight excluding hydrogens is 428 g/mol. The molecule has 2 aromatic carbocycles. The van der Waals surface area contributed by atoms with Crippen molar-refractivity contribution in [2.45, 2.75) is 31.6 Å². The van der Waals surface area contributed by atoms with E-state index in [1.54, 1.807) is 14.2 Å². The van der Waals surface area contributed by atoms with E-state index < -0.39 is 0 Å². The Morgan fingerprint density at radius 3 is 2.62 bits per heavy atom. The third-order valence-corrected chi connectivity index (χ3v) is 6.55. The molecule has 1 aliphatic carbocycles. The topological polar surface area (TPSA) is 73.6 Å². The van der Waals surface area contributed by atoms with Gasteiger partial charge in [0.2, 0.25) is 5.88 Å². The normalized spacial score (nSPS) is 19.8. The van der Waals surface area contributed by atoms with E-state index >= 15 is 0 Å². The Hall–Kier alpha value is -3.25. The summed E-state index contributed by atoms with van der Waals surface area (Å²) in [6.45, 7) is 1.90. The highest BCUT2D eigenvalue weighted by atomic mass is 35.5. The van der Waals surface area contributed by atoms with Gasteiger partial charge in [0.25, 0.3) is 0 Å². The summed E-state index contributed by atoms with van der Waals surface area (Å²) in [4.78, 5) is 13.6. The SMILES string of the molecule is COc1ccc([C@H]2CC(=O)C3=C(C2)Nc2onc(C)c2[C@@H]3c2cccc(Cl)c2)cc1OC. The molecular formula is C25H23ClN2O4. The molecule has 1 aliphatic heterocycles. The van der Waals surface area contributed by atoms with Crippen LogP contribution in [0.2, 0.25) is 5.02 Å². The van der Waals surface area contributed by atoms with Crippen LogP contribution in [0.25, 0.3) is 0 Å². The van der Waals surface area contributed by atoms with E-state index in [1.165, 1.54) is 0 Å². The van der Waals surface area contributed by atoms with E-state index in [-0.39, 0.29) is 17.6 Å². The van der Waals surface area contributed by atoms with Crippen molar-refractivity contribution in [2.75, 3.05) is 19.5 Å². The molecule has 0 unspecified atom stereocenters. The molecule has 3 aromatic rings. The zero-order valence-electron chi connectivity index (χ0n) is 18.1. The molecule has 2 atom stereocenters. The van der Waals surface area contributed by atoms with Crippen LogP contribution in [0.1, 0.15) is 47.1 Å². The fourth-order valence-electron chi connectivity index (χ4n) is 4.83. The number of aryl methyl sites for hydroxylation is 1. The quantitative estimate of drug-likeness (QED) is 0.556. The second-order valence-corrected chi connectivity index (χ2v) is 8.60. The molecule has 0 amide bonds. The minimum absolute atomic E-state index is 0.0131. The van der Waals surface area contributed by atoms with Gasteiger partial charge in [0.15, 0.2) is 17.3 Å². The summed E-state index contributed by atoms with van der Waals surface area (Å²) in [6.07, 6.45) is 1.08. The Labute approximate surface area is 191 Å². The Morgan fingerprint density at radius 1 is 1.06 bits per heavy atom. The maximum absolute atomic E-state index is 13.6. The standard InChI is InChI=1S/C25H23ClN2O4/c1-13-22-23(15-5-4-6-17(26)9-15)24-18(27-25(22)32-28-13)10-16(11-19(24)29)14-7-8-20(30-2)21(12-14)31-3/h4-9,12,16,23,27H,10-11H2,1-3H3/t16-,23+/m1/s1. The molecule has 1 N–H and O–H groups in total. The van der Waals surface area contributed by atoms with E-state index in [1.807, 2.05) is 49.4 Å². The van der Waals surface area contributed by atoms with Gasteiger partial charge in [-0.3, -0.25) is 4.79 Å². The summed E-state index contributed by atoms with van der Waals surface area (Å²) in [5, 5.41) is 8.15. The van der Waals surface area contributed by atoms with Crippen LogP contribution in [-0.4, -0.2) is 25.2 Å². The van der Waals surface area contributed by atoms with Crippen LogP contribution >= 0.6 is 11.6 Å². The minimum atomic E-state index is -0.259. The maximum Gasteiger partial charge on any atom is 0.233 e. The predicted octanol–water partition coefficient (Wildman–Crippen LogP) is 5.61. The van der Waals surface area contributed by atoms with Crippen LogP contribution < -0.4 is 14.8 Å². The fourth-order valence-corrected chi connectivity index (χ4v) is 5.03. The number of allylic oxidation sites excluding steroid dienone is 2. The number of anilines is 1. The number of carbonyl (C=O) groups excluding carboxylic acids is 1. The van der Waals surface area contributed by atoms with Gasteiger partial charge in [-0.05, 0) is 54.7 Å². The second kappa shape index (κ2) is 8.02. The largest absolute Gasteiger partial charge is 0.493 e. The zero-order valence-corrected chi connectivity index (χ0v) is 18.8. The fraction of sp³-hybridized carbons (Fsp3) is 0.280. The van der Waals surface area contributed by atoms with Gasteiger partial charge < -0.3 is 19.3 Å². The number of benzene rings is 2. The number of fused-ring (bicyclic) bond motifs is 1. The molecule has 6 nitrogen and oxygen atoms in total. The van der Waals surface area contributed by atoms with Crippen LogP contribution in [0, 0.1) is 6.92 Å². The van der Waals surface area contributed by atoms with Crippen molar-refractivity contribution in [3.8, 4) is 11.5 Å². The lowest BCUT2D eigenvalue weighted by molar-refractivity contribution is -0.116. The number of rotatable bonds is 4. The van der Waals surface area contributed by atoms with Gasteiger partial charge in [-0.1, -0.05) is 35.0 Å². The number of Topliss-reactive ketones (excluding diaryl/α,β-unsaturated/α-hetero) is 1. The van der Waals surface area contributed by atoms with Gasteiger partial charge >= 0.3 is 0 Å². The molecule has 7 heteroatoms. The van der Waals surface area contributed by atoms with Crippen LogP contribution in [0.4, 0.5) is 5.88 Å². The third kappa shape index (κ3) is 3.35. The number of nitrogens with one attached hydrogen (secondary N) is 1. The predicted molar refractivity (Wildman–Crippen MR) is 122 cm³/mol. The first-order chi connectivity index (χ1) is 15.5. The van der Waals surface area contributed by atoms with Gasteiger partial charge in [-0.2, -0.15) is 0 Å². The molecule has 2 heterocycles. The van der Waals surface area contributed by atoms with Gasteiger partial charge in [-0.25, -0.2) is 0 Å². The average Bonchev–Trinajstić information content (AvgIpc) is 3.17. The number of ether oxygens (including phenoxy) is 2. The molecule has 0 saturated heterocycles. The Morgan fingerprint density at radius 2 is 1.88 bits per heavy atom. The van der Waals surface area contributed by atoms with Crippen molar-refractivity contribution in [3.05, 3.63) is 81.1 Å². The monoisotopic (exact) mass is 450 g/mol. The first-order valence-electron chi connectivity index (χ1n) is 10.5. The molecule has 0 bridgehead atoms. The summed E-state index contributed by atoms with van der Waals surface area (Å²) in [5.74, 6) is 1.77. The van der Waals surface area contributed by atoms with Crippen molar-refractivity contribution in [1.82, 2.24) is 5.16 Å². The number of hydrogen-bond donors (Lipinski definition) is 1. The molecule has 0 spiro atoms. The van der Waals surface area contributed by atoms with Gasteiger partial charge in [0, 0.05) is 28.6 Å². The lowest BCUT2D eigenvalue weighted by atomic mass is 9.72. The number of nitrogens with zero attached hydrogens (tertiary/aromatic N) is 1. The second-order valence-electron chi connectivity index (χ2n) is 8.16. The molecule has 5 rings (SSSR count). The lowest BCUT2D eigenvalue weighted by Crippen LogP contribution is -2.29. The first kappa shape index (κ1) is 20.6. The van der Waals surface area contributed by atoms with Crippen molar-refractivity contribution in [1.29, 1.82) is 0 Å². The Kier molecular flexibility index (Phi) is 5.18. The summed E-state index contributed by atoms with van der Waals surface area (Å²) in [6, 6.07) is 13.5. The van der Waals surface area contributed by atoms with E-state index in [4.69, 9.17) is 25.6 Å². The van der Waals surface area contributed by atoms with Crippen LogP contribution in [0.15, 0.2) is 58.3 Å². The number of carbonyl (C=O) groups is 1. The Bertz CT molecular complexity index is 1250. The van der Waals surface area contributed by atoms with Gasteiger partial charge in [0.1, 0.15) is 0 Å². The van der Waals surface area contributed by atoms with Crippen molar-refractivity contribution >= 4 is 23.3 Å². The van der Waals surface area contributed by atoms with E-state index in [0.717, 1.165) is 33.7 Å². The van der Waals surface area contributed by atoms with Crippen LogP contribution in [-0.2, 0) is 4.79 Å². The molecule has 1 aromatic heterocycles. The Balaban J connectivity index is 1.58. The summed E-state index contributed by atoms with van der Waals surface area (Å²) in [7, 11) is 3.22. The van der Waals surface area contributed by atoms with Gasteiger partial charge in [-0.15, -0.1) is 0 Å². The molecule has 0 fully saturated rings. The van der Waals surface area contributed by atoms with E-state index in [9.17, 15) is 4.79 Å². The summed E-state index contributed by atoms with van der Waals surface area (Å²) >= 11 is 6.30. The van der Waals surface area contributed by atoms with Crippen molar-refractivity contribution in [2.24, 2.45) is 0 Å². The number of methoxy groups -OCH3 is 2. The van der Waals surface area contributed by atoms with Crippen LogP contribution in [0.5, 0.6) is 11.5 Å². The van der Waals surface area contributed by atoms with E-state index in [0.29, 0.717) is 35.2 Å². The van der Waals surface area contributed by atoms with Crippen molar-refractivity contribution in [3.63, 3.8) is 0 Å². The highest BCUT2D eigenvalue weighted by Gasteiger charge is 2.41. The summed E-state index contributed by atoms with van der Waals surface area (Å²) < 4.78 is 16.4. The van der Waals surface area contributed by atoms with Crippen LogP contribution in [0.3, 0.4) is 0 Å². The maximum atomic E-state index is 13.6. The summed E-state index contributed by atoms with van der Waals surface area (Å²) in [5.41, 5.74) is 5.28. The first-order valence-corrected chi connectivity index (χ1v) is 10.8. The highest BCUT2D eigenvalue weighted by molar-refractivity contribution is 6.30. The number of aromatic nitrogens is 1. The minimum Gasteiger partial charge on any atom is -0.493 e.